The Morgan fingerprint density at radius 2 is 1.89 bits per heavy atom. The lowest BCUT2D eigenvalue weighted by Gasteiger charge is -2.14. The summed E-state index contributed by atoms with van der Waals surface area (Å²) in [7, 11) is 0. The number of nitrogens with two attached hydrogens (primary N) is 1. The molecule has 2 N–H and O–H groups in total. The van der Waals surface area contributed by atoms with Crippen molar-refractivity contribution in [1.29, 1.82) is 0 Å². The molecule has 0 spiro atoms. The first-order valence-corrected chi connectivity index (χ1v) is 6.46. The quantitative estimate of drug-likeness (QED) is 0.815. The van der Waals surface area contributed by atoms with Crippen LogP contribution in [0.25, 0.3) is 0 Å². The number of halogens is 4. The van der Waals surface area contributed by atoms with Gasteiger partial charge in [-0.2, -0.15) is 0 Å². The van der Waals surface area contributed by atoms with E-state index in [1.807, 2.05) is 0 Å². The molecule has 0 aliphatic carbocycles. The molecule has 0 saturated carbocycles. The number of hydrogen-bond donors (Lipinski definition) is 1. The Balaban J connectivity index is 2.82. The molecular weight excluding hydrogens is 320 g/mol. The topological polar surface area (TPSA) is 44.5 Å². The normalized spacial score (nSPS) is 11.9. The van der Waals surface area contributed by atoms with Crippen molar-refractivity contribution in [3.63, 3.8) is 0 Å². The average molecular weight is 331 g/mol. The zero-order valence-electron chi connectivity index (χ0n) is 9.42. The lowest BCUT2D eigenvalue weighted by atomic mass is 10.3. The van der Waals surface area contributed by atoms with Crippen LogP contribution in [0.2, 0.25) is 10.0 Å². The Kier molecular flexibility index (Phi) is 6.39. The van der Waals surface area contributed by atoms with Gasteiger partial charge in [0.15, 0.2) is 5.75 Å². The highest BCUT2D eigenvalue weighted by Crippen LogP contribution is 2.37. The number of benzene rings is 1. The van der Waals surface area contributed by atoms with Crippen LogP contribution in [0.15, 0.2) is 22.7 Å². The molecule has 1 atom stereocenters. The van der Waals surface area contributed by atoms with E-state index in [1.54, 1.807) is 19.1 Å². The van der Waals surface area contributed by atoms with Crippen molar-refractivity contribution in [2.24, 2.45) is 5.73 Å². The molecule has 1 aromatic carbocycles. The molecule has 0 fully saturated rings. The maximum absolute atomic E-state index is 6.01. The smallest absolute Gasteiger partial charge is 0.159 e. The van der Waals surface area contributed by atoms with E-state index in [0.717, 1.165) is 0 Å². The second-order valence-electron chi connectivity index (χ2n) is 3.34. The van der Waals surface area contributed by atoms with Crippen LogP contribution in [-0.2, 0) is 0 Å². The summed E-state index contributed by atoms with van der Waals surface area (Å²) in [5, 5.41) is 0.631. The van der Waals surface area contributed by atoms with Crippen LogP contribution in [0.1, 0.15) is 6.92 Å². The Morgan fingerprint density at radius 3 is 2.33 bits per heavy atom. The lowest BCUT2D eigenvalue weighted by molar-refractivity contribution is 0.230. The third-order valence-electron chi connectivity index (χ3n) is 1.76. The van der Waals surface area contributed by atoms with Gasteiger partial charge in [-0.3, -0.25) is 5.73 Å². The van der Waals surface area contributed by atoms with Crippen LogP contribution in [0.5, 0.6) is 11.5 Å². The Hall–Kier alpha value is -0.320. The Labute approximate surface area is 125 Å². The van der Waals surface area contributed by atoms with Gasteiger partial charge in [-0.05, 0) is 13.0 Å². The van der Waals surface area contributed by atoms with Crippen LogP contribution in [0, 0.1) is 0 Å². The Morgan fingerprint density at radius 1 is 1.33 bits per heavy atom. The van der Waals surface area contributed by atoms with Gasteiger partial charge < -0.3 is 9.47 Å². The number of hydrogen-bond acceptors (Lipinski definition) is 3. The molecule has 7 heteroatoms. The van der Waals surface area contributed by atoms with Crippen molar-refractivity contribution in [3.05, 3.63) is 32.7 Å². The minimum absolute atomic E-state index is 0.129. The zero-order valence-corrected chi connectivity index (χ0v) is 12.4. The fraction of sp³-hybridized carbons (Fsp3) is 0.273. The zero-order chi connectivity index (χ0) is 13.7. The van der Waals surface area contributed by atoms with Gasteiger partial charge in [-0.1, -0.05) is 46.4 Å². The molecule has 0 radical (unpaired) electrons. The SMILES string of the molecule is CC(N)Oc1c(Cl)cc(OCC=C(Cl)Cl)cc1Cl. The van der Waals surface area contributed by atoms with E-state index in [0.29, 0.717) is 21.5 Å². The monoisotopic (exact) mass is 329 g/mol. The summed E-state index contributed by atoms with van der Waals surface area (Å²) in [6.07, 6.45) is 0.988. The third kappa shape index (κ3) is 5.12. The van der Waals surface area contributed by atoms with Gasteiger partial charge in [-0.25, -0.2) is 0 Å². The van der Waals surface area contributed by atoms with E-state index in [1.165, 1.54) is 6.08 Å². The lowest BCUT2D eigenvalue weighted by Crippen LogP contribution is -2.22. The summed E-state index contributed by atoms with van der Waals surface area (Å²) in [6.45, 7) is 1.88. The van der Waals surface area contributed by atoms with E-state index in [-0.39, 0.29) is 11.1 Å². The first-order valence-electron chi connectivity index (χ1n) is 4.95. The van der Waals surface area contributed by atoms with Crippen molar-refractivity contribution in [2.75, 3.05) is 6.61 Å². The maximum atomic E-state index is 6.01. The van der Waals surface area contributed by atoms with Crippen molar-refractivity contribution in [3.8, 4) is 11.5 Å². The van der Waals surface area contributed by atoms with E-state index in [9.17, 15) is 0 Å². The van der Waals surface area contributed by atoms with Crippen LogP contribution in [0.3, 0.4) is 0 Å². The van der Waals surface area contributed by atoms with E-state index in [4.69, 9.17) is 61.6 Å². The van der Waals surface area contributed by atoms with Crippen molar-refractivity contribution < 1.29 is 9.47 Å². The first-order chi connectivity index (χ1) is 8.40. The molecule has 1 unspecified atom stereocenters. The molecule has 0 aromatic heterocycles. The minimum Gasteiger partial charge on any atom is -0.489 e. The summed E-state index contributed by atoms with van der Waals surface area (Å²) in [6, 6.07) is 3.14. The van der Waals surface area contributed by atoms with E-state index in [2.05, 4.69) is 0 Å². The van der Waals surface area contributed by atoms with Crippen LogP contribution in [-0.4, -0.2) is 12.8 Å². The summed E-state index contributed by atoms with van der Waals surface area (Å²) in [5.74, 6) is 0.805. The fourth-order valence-corrected chi connectivity index (χ4v) is 1.80. The number of rotatable bonds is 5. The van der Waals surface area contributed by atoms with Crippen LogP contribution >= 0.6 is 46.4 Å². The van der Waals surface area contributed by atoms with Crippen molar-refractivity contribution in [2.45, 2.75) is 13.2 Å². The molecule has 0 heterocycles. The first kappa shape index (κ1) is 15.7. The largest absolute Gasteiger partial charge is 0.489 e. The molecule has 0 aliphatic heterocycles. The molecule has 3 nitrogen and oxygen atoms in total. The van der Waals surface area contributed by atoms with Gasteiger partial charge in [0.2, 0.25) is 0 Å². The maximum Gasteiger partial charge on any atom is 0.159 e. The van der Waals surface area contributed by atoms with Crippen molar-refractivity contribution in [1.82, 2.24) is 0 Å². The highest BCUT2D eigenvalue weighted by Gasteiger charge is 2.11. The van der Waals surface area contributed by atoms with Crippen LogP contribution in [0.4, 0.5) is 0 Å². The van der Waals surface area contributed by atoms with Gasteiger partial charge in [0.05, 0.1) is 10.0 Å². The minimum atomic E-state index is -0.509. The molecule has 1 rings (SSSR count). The van der Waals surface area contributed by atoms with E-state index < -0.39 is 6.23 Å². The summed E-state index contributed by atoms with van der Waals surface area (Å²) >= 11 is 22.9. The summed E-state index contributed by atoms with van der Waals surface area (Å²) in [5.41, 5.74) is 5.51. The average Bonchev–Trinajstić information content (AvgIpc) is 2.22. The highest BCUT2D eigenvalue weighted by molar-refractivity contribution is 6.55. The molecule has 0 saturated heterocycles. The molecular formula is C11H11Cl4NO2. The van der Waals surface area contributed by atoms with Gasteiger partial charge in [0.25, 0.3) is 0 Å². The number of ether oxygens (including phenoxy) is 2. The molecule has 0 aliphatic rings. The molecule has 100 valence electrons. The second kappa shape index (κ2) is 7.31. The van der Waals surface area contributed by atoms with Gasteiger partial charge in [0, 0.05) is 12.1 Å². The molecule has 0 bridgehead atoms. The van der Waals surface area contributed by atoms with Gasteiger partial charge >= 0.3 is 0 Å². The predicted octanol–water partition coefficient (Wildman–Crippen LogP) is 4.37. The standard InChI is InChI=1S/C11H11Cl4NO2/c1-6(16)18-11-8(12)4-7(5-9(11)13)17-3-2-10(14)15/h2,4-6H,3,16H2,1H3. The summed E-state index contributed by atoms with van der Waals surface area (Å²) in [4.78, 5) is 0. The fourth-order valence-electron chi connectivity index (χ4n) is 1.12. The highest BCUT2D eigenvalue weighted by atomic mass is 35.5. The molecule has 0 amide bonds. The van der Waals surface area contributed by atoms with Crippen molar-refractivity contribution >= 4 is 46.4 Å². The van der Waals surface area contributed by atoms with Crippen LogP contribution < -0.4 is 15.2 Å². The predicted molar refractivity (Wildman–Crippen MR) is 76.0 cm³/mol. The molecule has 1 aromatic rings. The summed E-state index contributed by atoms with van der Waals surface area (Å²) < 4.78 is 10.7. The van der Waals surface area contributed by atoms with Gasteiger partial charge in [-0.15, -0.1) is 0 Å². The molecule has 18 heavy (non-hydrogen) atoms. The van der Waals surface area contributed by atoms with E-state index >= 15 is 0 Å². The second-order valence-corrected chi connectivity index (χ2v) is 5.17. The Bertz CT molecular complexity index is 422. The van der Waals surface area contributed by atoms with Gasteiger partial charge in [0.1, 0.15) is 23.1 Å². The third-order valence-corrected chi connectivity index (χ3v) is 2.63.